The molecule has 4 aromatic carbocycles. The van der Waals surface area contributed by atoms with Crippen molar-refractivity contribution in [1.82, 2.24) is 4.98 Å². The normalized spacial score (nSPS) is 15.3. The molecule has 0 saturated carbocycles. The predicted molar refractivity (Wildman–Crippen MR) is 187 cm³/mol. The quantitative estimate of drug-likeness (QED) is 0.167. The number of pyridine rings is 1. The minimum absolute atomic E-state index is 0. The zero-order chi connectivity index (χ0) is 31.4. The van der Waals surface area contributed by atoms with Gasteiger partial charge in [0.25, 0.3) is 0 Å². The second kappa shape index (κ2) is 12.1. The molecule has 1 aliphatic carbocycles. The van der Waals surface area contributed by atoms with Gasteiger partial charge in [-0.1, -0.05) is 108 Å². The van der Waals surface area contributed by atoms with Crippen molar-refractivity contribution in [2.45, 2.75) is 70.6 Å². The van der Waals surface area contributed by atoms with Crippen LogP contribution >= 0.6 is 0 Å². The fourth-order valence-electron chi connectivity index (χ4n) is 6.92. The van der Waals surface area contributed by atoms with Crippen molar-refractivity contribution in [1.29, 1.82) is 0 Å². The van der Waals surface area contributed by atoms with Crippen LogP contribution in [0.1, 0.15) is 87.9 Å². The molecule has 0 N–H and O–H groups in total. The molecule has 0 saturated heterocycles. The van der Waals surface area contributed by atoms with E-state index in [9.17, 15) is 0 Å². The summed E-state index contributed by atoms with van der Waals surface area (Å²) in [6.07, 6.45) is 4.14. The van der Waals surface area contributed by atoms with E-state index in [1.807, 2.05) is 6.07 Å². The van der Waals surface area contributed by atoms with Gasteiger partial charge in [0, 0.05) is 5.70 Å². The Bertz CT molecular complexity index is 1940. The Morgan fingerprint density at radius 2 is 1.22 bits per heavy atom. The first-order chi connectivity index (χ1) is 21.6. The first-order valence-corrected chi connectivity index (χ1v) is 16.1. The van der Waals surface area contributed by atoms with Gasteiger partial charge in [-0.25, -0.2) is 0 Å². The maximum absolute atomic E-state index is 5.55. The topological polar surface area (TPSA) is 25.2 Å². The van der Waals surface area contributed by atoms with Crippen molar-refractivity contribution in [3.8, 4) is 22.4 Å². The summed E-state index contributed by atoms with van der Waals surface area (Å²) < 4.78 is 0. The van der Waals surface area contributed by atoms with Gasteiger partial charge in [-0.05, 0) is 63.4 Å². The number of aliphatic imine (C=N–C) groups is 1. The Hall–Kier alpha value is -3.87. The second-order valence-electron chi connectivity index (χ2n) is 14.4. The molecule has 0 atom stereocenters. The van der Waals surface area contributed by atoms with Crippen LogP contribution in [-0.2, 0) is 37.3 Å². The number of allylic oxidation sites excluding steroid dienone is 2. The van der Waals surface area contributed by atoms with Gasteiger partial charge in [0.2, 0.25) is 0 Å². The van der Waals surface area contributed by atoms with E-state index in [2.05, 4.69) is 157 Å². The molecule has 2 heterocycles. The molecule has 2 nitrogen and oxygen atoms in total. The van der Waals surface area contributed by atoms with Crippen LogP contribution in [0.2, 0.25) is 0 Å². The minimum Gasteiger partial charge on any atom is -0.304 e. The monoisotopic (exact) mass is 779 g/mol. The third-order valence-corrected chi connectivity index (χ3v) is 9.37. The van der Waals surface area contributed by atoms with Crippen LogP contribution in [0.3, 0.4) is 0 Å². The number of nitrogens with zero attached hydrogens (tertiary/aromatic N) is 2. The average molecular weight is 780 g/mol. The predicted octanol–water partition coefficient (Wildman–Crippen LogP) is 10.4. The van der Waals surface area contributed by atoms with Crippen molar-refractivity contribution < 1.29 is 21.1 Å². The zero-order valence-electron chi connectivity index (χ0n) is 27.5. The molecular formula is C43H40N2Pt. The van der Waals surface area contributed by atoms with E-state index in [1.54, 1.807) is 0 Å². The molecule has 1 aliphatic heterocycles. The summed E-state index contributed by atoms with van der Waals surface area (Å²) in [5.74, 6) is 0. The van der Waals surface area contributed by atoms with Crippen LogP contribution < -0.4 is 0 Å². The Labute approximate surface area is 289 Å². The first kappa shape index (κ1) is 32.1. The van der Waals surface area contributed by atoms with Crippen LogP contribution in [0.15, 0.2) is 120 Å². The molecule has 3 heteroatoms. The van der Waals surface area contributed by atoms with E-state index in [1.165, 1.54) is 33.4 Å². The summed E-state index contributed by atoms with van der Waals surface area (Å²) in [7, 11) is 0. The van der Waals surface area contributed by atoms with Crippen molar-refractivity contribution in [2.75, 3.05) is 0 Å². The second-order valence-corrected chi connectivity index (χ2v) is 14.4. The summed E-state index contributed by atoms with van der Waals surface area (Å²) in [4.78, 5) is 11.0. The molecular weight excluding hydrogens is 740 g/mol. The molecule has 232 valence electrons. The number of hydrogen-bond acceptors (Lipinski definition) is 2. The Balaban J connectivity index is 0.00000372. The maximum Gasteiger partial charge on any atom is 2.00 e. The first-order valence-electron chi connectivity index (χ1n) is 16.1. The average Bonchev–Trinajstić information content (AvgIpc) is 3.35. The van der Waals surface area contributed by atoms with Crippen LogP contribution in [0.4, 0.5) is 0 Å². The fraction of sp³-hybridized carbons (Fsp3) is 0.256. The van der Waals surface area contributed by atoms with Gasteiger partial charge in [0.1, 0.15) is 5.41 Å². The Morgan fingerprint density at radius 1 is 0.652 bits per heavy atom. The van der Waals surface area contributed by atoms with Gasteiger partial charge in [0.05, 0.1) is 5.69 Å². The molecule has 0 amide bonds. The maximum atomic E-state index is 5.55. The molecule has 0 unspecified atom stereocenters. The number of hydrogen-bond donors (Lipinski definition) is 0. The third kappa shape index (κ3) is 5.45. The molecule has 7 rings (SSSR count). The summed E-state index contributed by atoms with van der Waals surface area (Å²) in [5, 5.41) is 0. The molecule has 0 radical (unpaired) electrons. The SMILES string of the molecule is CC(C)(C)c1cc[c-]c(C2=NC(C3(c4cccc(-c5[c-]ccc(C(C)(C)C)c5)n4)c4ccccc4-c4ccccc43)=CCC2)c1.[Pt+2]. The minimum atomic E-state index is -0.655. The van der Waals surface area contributed by atoms with E-state index in [4.69, 9.17) is 9.98 Å². The number of fused-ring (bicyclic) bond motifs is 3. The van der Waals surface area contributed by atoms with Crippen molar-refractivity contribution in [3.63, 3.8) is 0 Å². The summed E-state index contributed by atoms with van der Waals surface area (Å²) in [6.45, 7) is 13.5. The van der Waals surface area contributed by atoms with Gasteiger partial charge in [-0.2, -0.15) is 0 Å². The smallest absolute Gasteiger partial charge is 0.304 e. The number of aromatic nitrogens is 1. The standard InChI is InChI=1S/C43H40N2.Pt/c1-41(2,3)31-17-11-15-29(27-31)37-23-13-25-39(44-37)43(35-21-9-7-19-33(35)34-20-8-10-22-36(34)43)40-26-14-24-38(45-40)30-16-12-18-32(28-30)42(4,5)6;/h7-13,17-23,25-28H,14,24H2,1-6H3;/q-2;+2. The van der Waals surface area contributed by atoms with Gasteiger partial charge < -0.3 is 4.99 Å². The van der Waals surface area contributed by atoms with Crippen LogP contribution in [0.5, 0.6) is 0 Å². The molecule has 1 aromatic heterocycles. The fourth-order valence-corrected chi connectivity index (χ4v) is 6.92. The van der Waals surface area contributed by atoms with Crippen molar-refractivity contribution >= 4 is 5.71 Å². The van der Waals surface area contributed by atoms with Gasteiger partial charge >= 0.3 is 21.1 Å². The van der Waals surface area contributed by atoms with Crippen LogP contribution in [0, 0.1) is 12.1 Å². The Kier molecular flexibility index (Phi) is 8.41. The summed E-state index contributed by atoms with van der Waals surface area (Å²) >= 11 is 0. The van der Waals surface area contributed by atoms with Crippen molar-refractivity contribution in [2.24, 2.45) is 4.99 Å². The Morgan fingerprint density at radius 3 is 1.83 bits per heavy atom. The van der Waals surface area contributed by atoms with E-state index >= 15 is 0 Å². The molecule has 0 bridgehead atoms. The number of rotatable bonds is 4. The van der Waals surface area contributed by atoms with E-state index in [-0.39, 0.29) is 31.9 Å². The molecule has 0 spiro atoms. The molecule has 46 heavy (non-hydrogen) atoms. The van der Waals surface area contributed by atoms with Crippen LogP contribution in [-0.4, -0.2) is 10.7 Å². The van der Waals surface area contributed by atoms with E-state index in [0.29, 0.717) is 0 Å². The van der Waals surface area contributed by atoms with E-state index in [0.717, 1.165) is 46.8 Å². The largest absolute Gasteiger partial charge is 2.00 e. The zero-order valence-corrected chi connectivity index (χ0v) is 29.8. The summed E-state index contributed by atoms with van der Waals surface area (Å²) in [6, 6.07) is 44.0. The van der Waals surface area contributed by atoms with Crippen LogP contribution in [0.25, 0.3) is 22.4 Å². The molecule has 0 fully saturated rings. The van der Waals surface area contributed by atoms with Gasteiger partial charge in [-0.3, -0.25) is 4.98 Å². The van der Waals surface area contributed by atoms with Crippen molar-refractivity contribution in [3.05, 3.63) is 161 Å². The third-order valence-electron chi connectivity index (χ3n) is 9.37. The summed E-state index contributed by atoms with van der Waals surface area (Å²) in [5.41, 5.74) is 13.1. The van der Waals surface area contributed by atoms with E-state index < -0.39 is 5.41 Å². The molecule has 2 aliphatic rings. The molecule has 5 aromatic rings. The number of benzene rings is 4. The van der Waals surface area contributed by atoms with Gasteiger partial charge in [-0.15, -0.1) is 70.8 Å². The van der Waals surface area contributed by atoms with Gasteiger partial charge in [0.15, 0.2) is 0 Å².